The second-order valence-corrected chi connectivity index (χ2v) is 5.03. The predicted molar refractivity (Wildman–Crippen MR) is 88.6 cm³/mol. The Morgan fingerprint density at radius 1 is 1.05 bits per heavy atom. The van der Waals surface area contributed by atoms with E-state index in [0.29, 0.717) is 0 Å². The molecule has 112 valence electrons. The fourth-order valence-corrected chi connectivity index (χ4v) is 2.12. The number of hydrogen-bond acceptors (Lipinski definition) is 5. The van der Waals surface area contributed by atoms with Crippen molar-refractivity contribution in [3.8, 4) is 0 Å². The van der Waals surface area contributed by atoms with Crippen LogP contribution in [-0.4, -0.2) is 23.1 Å². The highest BCUT2D eigenvalue weighted by Crippen LogP contribution is 2.13. The number of hydrogen-bond donors (Lipinski definition) is 3. The van der Waals surface area contributed by atoms with Gasteiger partial charge in [0, 0.05) is 19.2 Å². The molecule has 0 aliphatic rings. The number of nitrogen functional groups attached to an aromatic ring is 1. The minimum absolute atomic E-state index is 0.287. The lowest BCUT2D eigenvalue weighted by molar-refractivity contribution is 0.961. The third-order valence-corrected chi connectivity index (χ3v) is 3.26. The van der Waals surface area contributed by atoms with Crippen LogP contribution >= 0.6 is 0 Å². The summed E-state index contributed by atoms with van der Waals surface area (Å²) in [5.41, 5.74) is 8.39. The molecule has 0 bridgehead atoms. The summed E-state index contributed by atoms with van der Waals surface area (Å²) in [4.78, 5) is 8.38. The minimum atomic E-state index is 0.287. The Balaban J connectivity index is 1.93. The molecule has 0 spiro atoms. The Morgan fingerprint density at radius 3 is 2.38 bits per heavy atom. The first kappa shape index (κ1) is 15.1. The van der Waals surface area contributed by atoms with Gasteiger partial charge in [-0.2, -0.15) is 9.97 Å². The van der Waals surface area contributed by atoms with Gasteiger partial charge in [-0.05, 0) is 30.9 Å². The number of rotatable bonds is 7. The van der Waals surface area contributed by atoms with Crippen molar-refractivity contribution in [1.29, 1.82) is 0 Å². The van der Waals surface area contributed by atoms with Gasteiger partial charge in [-0.25, -0.2) is 0 Å². The summed E-state index contributed by atoms with van der Waals surface area (Å²) in [6.07, 6.45) is 1.99. The van der Waals surface area contributed by atoms with Crippen molar-refractivity contribution in [3.05, 3.63) is 41.5 Å². The number of nitrogens with one attached hydrogen (secondary N) is 2. The van der Waals surface area contributed by atoms with Gasteiger partial charge in [-0.3, -0.25) is 0 Å². The van der Waals surface area contributed by atoms with Crippen LogP contribution in [0.1, 0.15) is 24.5 Å². The lowest BCUT2D eigenvalue weighted by Crippen LogP contribution is -2.10. The highest BCUT2D eigenvalue weighted by molar-refractivity contribution is 5.51. The van der Waals surface area contributed by atoms with Crippen molar-refractivity contribution in [1.82, 2.24) is 9.97 Å². The van der Waals surface area contributed by atoms with Gasteiger partial charge in [-0.15, -0.1) is 0 Å². The van der Waals surface area contributed by atoms with Crippen LogP contribution in [0.2, 0.25) is 0 Å². The van der Waals surface area contributed by atoms with Gasteiger partial charge in [0.25, 0.3) is 0 Å². The average molecular weight is 285 g/mol. The van der Waals surface area contributed by atoms with E-state index < -0.39 is 0 Å². The second kappa shape index (κ2) is 7.47. The first-order valence-corrected chi connectivity index (χ1v) is 7.36. The van der Waals surface area contributed by atoms with Crippen LogP contribution in [0.5, 0.6) is 0 Å². The Labute approximate surface area is 126 Å². The molecule has 2 aromatic rings. The van der Waals surface area contributed by atoms with Crippen molar-refractivity contribution in [2.45, 2.75) is 26.7 Å². The zero-order chi connectivity index (χ0) is 15.1. The first-order valence-electron chi connectivity index (χ1n) is 7.36. The molecule has 1 aromatic heterocycles. The molecular weight excluding hydrogens is 262 g/mol. The highest BCUT2D eigenvalue weighted by atomic mass is 15.1. The molecule has 1 aromatic carbocycles. The Bertz CT molecular complexity index is 583. The molecule has 2 rings (SSSR count). The SMILES string of the molecule is CCCNc1cc(NCCc2ccccc2C)nc(N)n1. The number of aryl methyl sites for hydroxylation is 1. The van der Waals surface area contributed by atoms with E-state index in [1.54, 1.807) is 0 Å². The van der Waals surface area contributed by atoms with Crippen LogP contribution in [0.15, 0.2) is 30.3 Å². The molecule has 21 heavy (non-hydrogen) atoms. The maximum absolute atomic E-state index is 5.74. The third-order valence-electron chi connectivity index (χ3n) is 3.26. The van der Waals surface area contributed by atoms with Crippen LogP contribution in [0.4, 0.5) is 17.6 Å². The maximum atomic E-state index is 5.74. The predicted octanol–water partition coefficient (Wildman–Crippen LogP) is 2.84. The first-order chi connectivity index (χ1) is 10.2. The van der Waals surface area contributed by atoms with Gasteiger partial charge in [-0.1, -0.05) is 31.2 Å². The molecule has 1 heterocycles. The van der Waals surface area contributed by atoms with Crippen LogP contribution in [-0.2, 0) is 6.42 Å². The van der Waals surface area contributed by atoms with E-state index in [0.717, 1.165) is 37.6 Å². The summed E-state index contributed by atoms with van der Waals surface area (Å²) in [5, 5.41) is 6.53. The summed E-state index contributed by atoms with van der Waals surface area (Å²) >= 11 is 0. The van der Waals surface area contributed by atoms with Crippen molar-refractivity contribution < 1.29 is 0 Å². The van der Waals surface area contributed by atoms with Gasteiger partial charge >= 0.3 is 0 Å². The van der Waals surface area contributed by atoms with E-state index in [4.69, 9.17) is 5.73 Å². The lowest BCUT2D eigenvalue weighted by Gasteiger charge is -2.10. The molecule has 0 fully saturated rings. The van der Waals surface area contributed by atoms with E-state index in [1.807, 2.05) is 6.07 Å². The van der Waals surface area contributed by atoms with Crippen LogP contribution in [0.25, 0.3) is 0 Å². The molecule has 5 nitrogen and oxygen atoms in total. The lowest BCUT2D eigenvalue weighted by atomic mass is 10.1. The molecule has 0 atom stereocenters. The van der Waals surface area contributed by atoms with Crippen molar-refractivity contribution >= 4 is 17.6 Å². The number of benzene rings is 1. The monoisotopic (exact) mass is 285 g/mol. The van der Waals surface area contributed by atoms with E-state index in [1.165, 1.54) is 11.1 Å². The number of nitrogens with zero attached hydrogens (tertiary/aromatic N) is 2. The van der Waals surface area contributed by atoms with Crippen LogP contribution in [0.3, 0.4) is 0 Å². The van der Waals surface area contributed by atoms with E-state index >= 15 is 0 Å². The zero-order valence-electron chi connectivity index (χ0n) is 12.7. The van der Waals surface area contributed by atoms with Gasteiger partial charge in [0.05, 0.1) is 0 Å². The van der Waals surface area contributed by atoms with Crippen LogP contribution in [0, 0.1) is 6.92 Å². The minimum Gasteiger partial charge on any atom is -0.370 e. The summed E-state index contributed by atoms with van der Waals surface area (Å²) in [6, 6.07) is 10.3. The largest absolute Gasteiger partial charge is 0.370 e. The van der Waals surface area contributed by atoms with Crippen molar-refractivity contribution in [2.75, 3.05) is 29.5 Å². The molecule has 0 radical (unpaired) electrons. The maximum Gasteiger partial charge on any atom is 0.223 e. The van der Waals surface area contributed by atoms with E-state index in [2.05, 4.69) is 58.7 Å². The average Bonchev–Trinajstić information content (AvgIpc) is 2.47. The van der Waals surface area contributed by atoms with E-state index in [9.17, 15) is 0 Å². The number of anilines is 3. The molecule has 4 N–H and O–H groups in total. The fraction of sp³-hybridized carbons (Fsp3) is 0.375. The van der Waals surface area contributed by atoms with Crippen LogP contribution < -0.4 is 16.4 Å². The molecular formula is C16H23N5. The van der Waals surface area contributed by atoms with Crippen molar-refractivity contribution in [3.63, 3.8) is 0 Å². The fourth-order valence-electron chi connectivity index (χ4n) is 2.12. The number of nitrogens with two attached hydrogens (primary N) is 1. The zero-order valence-corrected chi connectivity index (χ0v) is 12.7. The molecule has 0 aliphatic heterocycles. The van der Waals surface area contributed by atoms with E-state index in [-0.39, 0.29) is 5.95 Å². The Morgan fingerprint density at radius 2 is 1.71 bits per heavy atom. The third kappa shape index (κ3) is 4.63. The topological polar surface area (TPSA) is 75.9 Å². The van der Waals surface area contributed by atoms with Gasteiger partial charge in [0.2, 0.25) is 5.95 Å². The molecule has 0 amide bonds. The molecule has 5 heteroatoms. The highest BCUT2D eigenvalue weighted by Gasteiger charge is 2.02. The summed E-state index contributed by atoms with van der Waals surface area (Å²) in [7, 11) is 0. The second-order valence-electron chi connectivity index (χ2n) is 5.03. The van der Waals surface area contributed by atoms with Crippen molar-refractivity contribution in [2.24, 2.45) is 0 Å². The Hall–Kier alpha value is -2.30. The number of aromatic nitrogens is 2. The summed E-state index contributed by atoms with van der Waals surface area (Å²) in [5.74, 6) is 1.81. The standard InChI is InChI=1S/C16H23N5/c1-3-9-18-14-11-15(21-16(17)20-14)19-10-8-13-7-5-4-6-12(13)2/h4-7,11H,3,8-10H2,1-2H3,(H4,17,18,19,20,21). The molecule has 0 saturated carbocycles. The normalized spacial score (nSPS) is 10.4. The molecule has 0 aliphatic carbocycles. The summed E-state index contributed by atoms with van der Waals surface area (Å²) in [6.45, 7) is 5.93. The molecule has 0 unspecified atom stereocenters. The summed E-state index contributed by atoms with van der Waals surface area (Å²) < 4.78 is 0. The van der Waals surface area contributed by atoms with Gasteiger partial charge in [0.1, 0.15) is 11.6 Å². The quantitative estimate of drug-likeness (QED) is 0.729. The smallest absolute Gasteiger partial charge is 0.223 e. The van der Waals surface area contributed by atoms with Gasteiger partial charge in [0.15, 0.2) is 0 Å². The molecule has 0 saturated heterocycles. The Kier molecular flexibility index (Phi) is 5.37. The van der Waals surface area contributed by atoms with Gasteiger partial charge < -0.3 is 16.4 Å².